The van der Waals surface area contributed by atoms with Crippen molar-refractivity contribution in [1.29, 1.82) is 0 Å². The van der Waals surface area contributed by atoms with Crippen LogP contribution in [0.5, 0.6) is 0 Å². The van der Waals surface area contributed by atoms with Crippen LogP contribution in [0.3, 0.4) is 0 Å². The predicted molar refractivity (Wildman–Crippen MR) is 68.6 cm³/mol. The SMILES string of the molecule is CCC(O)C1CCCCN1Cc1ccccn1. The summed E-state index contributed by atoms with van der Waals surface area (Å²) in [5.41, 5.74) is 1.10. The molecule has 1 aromatic heterocycles. The minimum absolute atomic E-state index is 0.195. The number of piperidine rings is 1. The van der Waals surface area contributed by atoms with Gasteiger partial charge in [0.05, 0.1) is 11.8 Å². The highest BCUT2D eigenvalue weighted by Crippen LogP contribution is 2.22. The molecule has 0 aliphatic carbocycles. The summed E-state index contributed by atoms with van der Waals surface area (Å²) >= 11 is 0. The summed E-state index contributed by atoms with van der Waals surface area (Å²) in [6.07, 6.45) is 6.06. The zero-order valence-corrected chi connectivity index (χ0v) is 10.5. The van der Waals surface area contributed by atoms with Gasteiger partial charge in [0.2, 0.25) is 0 Å². The zero-order chi connectivity index (χ0) is 12.1. The number of pyridine rings is 1. The average Bonchev–Trinajstić information content (AvgIpc) is 2.40. The number of nitrogens with zero attached hydrogens (tertiary/aromatic N) is 2. The Kier molecular flexibility index (Phi) is 4.51. The fourth-order valence-electron chi connectivity index (χ4n) is 2.62. The molecule has 0 radical (unpaired) electrons. The molecule has 2 heterocycles. The van der Waals surface area contributed by atoms with Gasteiger partial charge in [0.1, 0.15) is 0 Å². The Balaban J connectivity index is 2.01. The van der Waals surface area contributed by atoms with Crippen molar-refractivity contribution < 1.29 is 5.11 Å². The molecule has 1 saturated heterocycles. The Hall–Kier alpha value is -0.930. The van der Waals surface area contributed by atoms with Crippen LogP contribution >= 0.6 is 0 Å². The molecule has 94 valence electrons. The largest absolute Gasteiger partial charge is 0.392 e. The molecule has 0 saturated carbocycles. The maximum Gasteiger partial charge on any atom is 0.0692 e. The molecule has 17 heavy (non-hydrogen) atoms. The van der Waals surface area contributed by atoms with Crippen molar-refractivity contribution in [1.82, 2.24) is 9.88 Å². The molecule has 0 aromatic carbocycles. The maximum absolute atomic E-state index is 10.1. The van der Waals surface area contributed by atoms with Crippen LogP contribution in [0.4, 0.5) is 0 Å². The van der Waals surface area contributed by atoms with Crippen LogP contribution < -0.4 is 0 Å². The van der Waals surface area contributed by atoms with Gasteiger partial charge >= 0.3 is 0 Å². The molecule has 2 rings (SSSR count). The molecular weight excluding hydrogens is 212 g/mol. The number of aromatic nitrogens is 1. The highest BCUT2D eigenvalue weighted by molar-refractivity contribution is 5.04. The van der Waals surface area contributed by atoms with E-state index in [0.717, 1.165) is 31.6 Å². The van der Waals surface area contributed by atoms with Crippen LogP contribution in [0.2, 0.25) is 0 Å². The van der Waals surface area contributed by atoms with Crippen molar-refractivity contribution in [2.24, 2.45) is 0 Å². The van der Waals surface area contributed by atoms with Gasteiger partial charge in [0, 0.05) is 18.8 Å². The van der Waals surface area contributed by atoms with Gasteiger partial charge in [0.25, 0.3) is 0 Å². The van der Waals surface area contributed by atoms with Crippen LogP contribution in [0.25, 0.3) is 0 Å². The number of aliphatic hydroxyl groups is 1. The second-order valence-corrected chi connectivity index (χ2v) is 4.83. The smallest absolute Gasteiger partial charge is 0.0692 e. The topological polar surface area (TPSA) is 36.4 Å². The van der Waals surface area contributed by atoms with E-state index in [1.807, 2.05) is 18.3 Å². The standard InChI is InChI=1S/C14H22N2O/c1-2-14(17)13-8-4-6-10-16(13)11-12-7-3-5-9-15-12/h3,5,7,9,13-14,17H,2,4,6,8,10-11H2,1H3. The number of rotatable bonds is 4. The predicted octanol–water partition coefficient (Wildman–Crippen LogP) is 2.21. The first-order valence-electron chi connectivity index (χ1n) is 6.63. The third-order valence-corrected chi connectivity index (χ3v) is 3.62. The summed E-state index contributed by atoms with van der Waals surface area (Å²) in [6.45, 7) is 4.00. The van der Waals surface area contributed by atoms with E-state index in [9.17, 15) is 5.11 Å². The van der Waals surface area contributed by atoms with E-state index >= 15 is 0 Å². The lowest BCUT2D eigenvalue weighted by Gasteiger charge is -2.38. The van der Waals surface area contributed by atoms with Gasteiger partial charge in [-0.05, 0) is 37.9 Å². The Bertz CT molecular complexity index is 328. The minimum Gasteiger partial charge on any atom is -0.392 e. The lowest BCUT2D eigenvalue weighted by Crippen LogP contribution is -2.46. The van der Waals surface area contributed by atoms with Crippen molar-refractivity contribution in [2.45, 2.75) is 51.3 Å². The highest BCUT2D eigenvalue weighted by Gasteiger charge is 2.27. The first kappa shape index (κ1) is 12.5. The lowest BCUT2D eigenvalue weighted by atomic mass is 9.96. The van der Waals surface area contributed by atoms with Crippen molar-refractivity contribution in [2.75, 3.05) is 6.54 Å². The fourth-order valence-corrected chi connectivity index (χ4v) is 2.62. The van der Waals surface area contributed by atoms with Gasteiger partial charge in [-0.2, -0.15) is 0 Å². The monoisotopic (exact) mass is 234 g/mol. The Morgan fingerprint density at radius 1 is 1.47 bits per heavy atom. The number of aliphatic hydroxyl groups excluding tert-OH is 1. The molecule has 1 fully saturated rings. The molecule has 3 heteroatoms. The van der Waals surface area contributed by atoms with Gasteiger partial charge < -0.3 is 5.11 Å². The average molecular weight is 234 g/mol. The second kappa shape index (κ2) is 6.12. The van der Waals surface area contributed by atoms with Crippen molar-refractivity contribution >= 4 is 0 Å². The molecule has 0 spiro atoms. The van der Waals surface area contributed by atoms with E-state index in [-0.39, 0.29) is 6.10 Å². The summed E-state index contributed by atoms with van der Waals surface area (Å²) in [6, 6.07) is 6.34. The van der Waals surface area contributed by atoms with E-state index in [2.05, 4.69) is 22.9 Å². The molecular formula is C14H22N2O. The molecule has 1 aliphatic rings. The van der Waals surface area contributed by atoms with Crippen molar-refractivity contribution in [3.63, 3.8) is 0 Å². The Morgan fingerprint density at radius 2 is 2.35 bits per heavy atom. The zero-order valence-electron chi connectivity index (χ0n) is 10.5. The molecule has 2 unspecified atom stereocenters. The maximum atomic E-state index is 10.1. The first-order valence-corrected chi connectivity index (χ1v) is 6.63. The Labute approximate surface area is 103 Å². The first-order chi connectivity index (χ1) is 8.31. The van der Waals surface area contributed by atoms with Crippen LogP contribution in [0.15, 0.2) is 24.4 Å². The van der Waals surface area contributed by atoms with Crippen LogP contribution in [-0.4, -0.2) is 33.7 Å². The van der Waals surface area contributed by atoms with E-state index in [0.29, 0.717) is 6.04 Å². The van der Waals surface area contributed by atoms with Gasteiger partial charge in [-0.15, -0.1) is 0 Å². The summed E-state index contributed by atoms with van der Waals surface area (Å²) in [4.78, 5) is 6.76. The van der Waals surface area contributed by atoms with Crippen LogP contribution in [-0.2, 0) is 6.54 Å². The normalized spacial score (nSPS) is 23.5. The van der Waals surface area contributed by atoms with E-state index in [1.54, 1.807) is 0 Å². The van der Waals surface area contributed by atoms with E-state index in [1.165, 1.54) is 12.8 Å². The number of likely N-dealkylation sites (tertiary alicyclic amines) is 1. The number of hydrogen-bond donors (Lipinski definition) is 1. The third kappa shape index (κ3) is 3.27. The van der Waals surface area contributed by atoms with Gasteiger partial charge in [-0.3, -0.25) is 9.88 Å². The molecule has 1 aromatic rings. The summed E-state index contributed by atoms with van der Waals surface area (Å²) in [5, 5.41) is 10.1. The molecule has 0 amide bonds. The highest BCUT2D eigenvalue weighted by atomic mass is 16.3. The lowest BCUT2D eigenvalue weighted by molar-refractivity contribution is 0.0189. The summed E-state index contributed by atoms with van der Waals surface area (Å²) < 4.78 is 0. The molecule has 2 atom stereocenters. The minimum atomic E-state index is -0.195. The van der Waals surface area contributed by atoms with Crippen LogP contribution in [0.1, 0.15) is 38.3 Å². The summed E-state index contributed by atoms with van der Waals surface area (Å²) in [5.74, 6) is 0. The van der Waals surface area contributed by atoms with Gasteiger partial charge in [-0.25, -0.2) is 0 Å². The van der Waals surface area contributed by atoms with Gasteiger partial charge in [-0.1, -0.05) is 19.4 Å². The van der Waals surface area contributed by atoms with Crippen molar-refractivity contribution in [3.8, 4) is 0 Å². The van der Waals surface area contributed by atoms with Gasteiger partial charge in [0.15, 0.2) is 0 Å². The second-order valence-electron chi connectivity index (χ2n) is 4.83. The van der Waals surface area contributed by atoms with Crippen LogP contribution in [0, 0.1) is 0 Å². The quantitative estimate of drug-likeness (QED) is 0.867. The molecule has 1 N–H and O–H groups in total. The third-order valence-electron chi connectivity index (χ3n) is 3.62. The summed E-state index contributed by atoms with van der Waals surface area (Å²) in [7, 11) is 0. The Morgan fingerprint density at radius 3 is 3.06 bits per heavy atom. The number of hydrogen-bond acceptors (Lipinski definition) is 3. The van der Waals surface area contributed by atoms with E-state index in [4.69, 9.17) is 0 Å². The van der Waals surface area contributed by atoms with Crippen molar-refractivity contribution in [3.05, 3.63) is 30.1 Å². The van der Waals surface area contributed by atoms with E-state index < -0.39 is 0 Å². The molecule has 1 aliphatic heterocycles. The molecule has 3 nitrogen and oxygen atoms in total. The molecule has 0 bridgehead atoms. The fraction of sp³-hybridized carbons (Fsp3) is 0.643.